The first-order chi connectivity index (χ1) is 9.65. The van der Waals surface area contributed by atoms with Crippen LogP contribution in [-0.4, -0.2) is 6.04 Å². The average Bonchev–Trinajstić information content (AvgIpc) is 2.45. The van der Waals surface area contributed by atoms with Gasteiger partial charge in [0.1, 0.15) is 12.4 Å². The molecule has 0 aliphatic heterocycles. The minimum atomic E-state index is 0. The van der Waals surface area contributed by atoms with Crippen molar-refractivity contribution < 1.29 is 4.74 Å². The molecule has 0 aliphatic rings. The van der Waals surface area contributed by atoms with Crippen LogP contribution in [0.5, 0.6) is 5.75 Å². The molecule has 0 unspecified atom stereocenters. The Labute approximate surface area is 137 Å². The third-order valence-corrected chi connectivity index (χ3v) is 3.33. The van der Waals surface area contributed by atoms with Crippen molar-refractivity contribution in [3.8, 4) is 5.75 Å². The summed E-state index contributed by atoms with van der Waals surface area (Å²) in [4.78, 5) is 0. The van der Waals surface area contributed by atoms with E-state index in [1.807, 2.05) is 36.4 Å². The maximum absolute atomic E-state index is 6.12. The van der Waals surface area contributed by atoms with Gasteiger partial charge in [0.05, 0.1) is 0 Å². The summed E-state index contributed by atoms with van der Waals surface area (Å²) in [5, 5.41) is 4.14. The first-order valence-electron chi connectivity index (χ1n) is 6.83. The van der Waals surface area contributed by atoms with Crippen molar-refractivity contribution in [1.82, 2.24) is 5.32 Å². The van der Waals surface area contributed by atoms with Crippen LogP contribution in [0.3, 0.4) is 0 Å². The fourth-order valence-electron chi connectivity index (χ4n) is 1.84. The number of hydrogen-bond donors (Lipinski definition) is 1. The molecule has 0 atom stereocenters. The molecule has 0 radical (unpaired) electrons. The predicted octanol–water partition coefficient (Wildman–Crippen LogP) is 4.84. The molecule has 0 aliphatic carbocycles. The Morgan fingerprint density at radius 3 is 2.57 bits per heavy atom. The Morgan fingerprint density at radius 2 is 1.86 bits per heavy atom. The van der Waals surface area contributed by atoms with E-state index in [0.29, 0.717) is 12.6 Å². The van der Waals surface area contributed by atoms with Crippen LogP contribution in [0.15, 0.2) is 48.5 Å². The fraction of sp³-hybridized carbons (Fsp3) is 0.294. The van der Waals surface area contributed by atoms with Gasteiger partial charge in [-0.2, -0.15) is 0 Å². The Bertz CT molecular complexity index is 558. The van der Waals surface area contributed by atoms with Gasteiger partial charge in [-0.15, -0.1) is 12.4 Å². The van der Waals surface area contributed by atoms with Crippen LogP contribution < -0.4 is 10.1 Å². The summed E-state index contributed by atoms with van der Waals surface area (Å²) < 4.78 is 5.81. The van der Waals surface area contributed by atoms with Crippen LogP contribution in [-0.2, 0) is 13.2 Å². The molecule has 2 aromatic carbocycles. The third-order valence-electron chi connectivity index (χ3n) is 2.97. The molecule has 0 saturated carbocycles. The van der Waals surface area contributed by atoms with Crippen molar-refractivity contribution in [3.63, 3.8) is 0 Å². The SMILES string of the molecule is CC(C)NCc1cccc(OCc2ccccc2Cl)c1.Cl. The topological polar surface area (TPSA) is 21.3 Å². The Morgan fingerprint density at radius 1 is 1.10 bits per heavy atom. The highest BCUT2D eigenvalue weighted by Crippen LogP contribution is 2.19. The summed E-state index contributed by atoms with van der Waals surface area (Å²) in [6.45, 7) is 5.61. The van der Waals surface area contributed by atoms with Crippen molar-refractivity contribution in [3.05, 3.63) is 64.7 Å². The van der Waals surface area contributed by atoms with Gasteiger partial charge < -0.3 is 10.1 Å². The van der Waals surface area contributed by atoms with E-state index in [-0.39, 0.29) is 12.4 Å². The zero-order valence-electron chi connectivity index (χ0n) is 12.3. The zero-order valence-corrected chi connectivity index (χ0v) is 13.9. The molecule has 2 rings (SSSR count). The first-order valence-corrected chi connectivity index (χ1v) is 7.21. The summed E-state index contributed by atoms with van der Waals surface area (Å²) >= 11 is 6.12. The lowest BCUT2D eigenvalue weighted by atomic mass is 10.2. The van der Waals surface area contributed by atoms with E-state index in [0.717, 1.165) is 22.9 Å². The zero-order chi connectivity index (χ0) is 14.4. The van der Waals surface area contributed by atoms with Crippen LogP contribution in [0.2, 0.25) is 5.02 Å². The lowest BCUT2D eigenvalue weighted by Gasteiger charge is -2.11. The largest absolute Gasteiger partial charge is 0.489 e. The molecular weight excluding hydrogens is 305 g/mol. The van der Waals surface area contributed by atoms with E-state index < -0.39 is 0 Å². The number of ether oxygens (including phenoxy) is 1. The van der Waals surface area contributed by atoms with E-state index in [4.69, 9.17) is 16.3 Å². The number of hydrogen-bond acceptors (Lipinski definition) is 2. The summed E-state index contributed by atoms with van der Waals surface area (Å²) in [5.74, 6) is 0.868. The monoisotopic (exact) mass is 325 g/mol. The number of halogens is 2. The number of nitrogens with one attached hydrogen (secondary N) is 1. The van der Waals surface area contributed by atoms with E-state index in [9.17, 15) is 0 Å². The van der Waals surface area contributed by atoms with E-state index in [2.05, 4.69) is 31.3 Å². The summed E-state index contributed by atoms with van der Waals surface area (Å²) in [5.41, 5.74) is 2.22. The van der Waals surface area contributed by atoms with Gasteiger partial charge in [0.15, 0.2) is 0 Å². The highest BCUT2D eigenvalue weighted by Gasteiger charge is 2.02. The molecule has 4 heteroatoms. The van der Waals surface area contributed by atoms with Gasteiger partial charge >= 0.3 is 0 Å². The molecule has 0 amide bonds. The van der Waals surface area contributed by atoms with Crippen molar-refractivity contribution >= 4 is 24.0 Å². The highest BCUT2D eigenvalue weighted by atomic mass is 35.5. The molecule has 0 spiro atoms. The van der Waals surface area contributed by atoms with Crippen molar-refractivity contribution in [2.75, 3.05) is 0 Å². The van der Waals surface area contributed by atoms with E-state index in [1.165, 1.54) is 5.56 Å². The number of rotatable bonds is 6. The predicted molar refractivity (Wildman–Crippen MR) is 91.4 cm³/mol. The molecule has 21 heavy (non-hydrogen) atoms. The highest BCUT2D eigenvalue weighted by molar-refractivity contribution is 6.31. The van der Waals surface area contributed by atoms with Gasteiger partial charge in [-0.05, 0) is 23.8 Å². The Kier molecular flexibility index (Phi) is 7.58. The van der Waals surface area contributed by atoms with Gasteiger partial charge in [-0.25, -0.2) is 0 Å². The second kappa shape index (κ2) is 8.93. The second-order valence-electron chi connectivity index (χ2n) is 5.06. The van der Waals surface area contributed by atoms with Crippen LogP contribution in [0.1, 0.15) is 25.0 Å². The molecule has 114 valence electrons. The maximum atomic E-state index is 6.12. The maximum Gasteiger partial charge on any atom is 0.120 e. The van der Waals surface area contributed by atoms with Gasteiger partial charge in [0.25, 0.3) is 0 Å². The Hall–Kier alpha value is -1.22. The molecule has 0 fully saturated rings. The minimum Gasteiger partial charge on any atom is -0.489 e. The van der Waals surface area contributed by atoms with Crippen molar-refractivity contribution in [2.45, 2.75) is 33.0 Å². The van der Waals surface area contributed by atoms with Crippen LogP contribution in [0, 0.1) is 0 Å². The molecule has 0 heterocycles. The summed E-state index contributed by atoms with van der Waals surface area (Å²) in [7, 11) is 0. The standard InChI is InChI=1S/C17H20ClNO.ClH/c1-13(2)19-11-14-6-5-8-16(10-14)20-12-15-7-3-4-9-17(15)18;/h3-10,13,19H,11-12H2,1-2H3;1H. The van der Waals surface area contributed by atoms with Crippen LogP contribution in [0.4, 0.5) is 0 Å². The lowest BCUT2D eigenvalue weighted by Crippen LogP contribution is -2.21. The van der Waals surface area contributed by atoms with E-state index in [1.54, 1.807) is 0 Å². The molecular formula is C17H21Cl2NO. The van der Waals surface area contributed by atoms with Gasteiger partial charge in [-0.3, -0.25) is 0 Å². The lowest BCUT2D eigenvalue weighted by molar-refractivity contribution is 0.306. The van der Waals surface area contributed by atoms with E-state index >= 15 is 0 Å². The first kappa shape index (κ1) is 17.8. The van der Waals surface area contributed by atoms with Gasteiger partial charge in [-0.1, -0.05) is 55.8 Å². The molecule has 1 N–H and O–H groups in total. The van der Waals surface area contributed by atoms with Crippen LogP contribution in [0.25, 0.3) is 0 Å². The summed E-state index contributed by atoms with van der Waals surface area (Å²) in [6.07, 6.45) is 0. The smallest absolute Gasteiger partial charge is 0.120 e. The second-order valence-corrected chi connectivity index (χ2v) is 5.47. The fourth-order valence-corrected chi connectivity index (χ4v) is 2.03. The van der Waals surface area contributed by atoms with Gasteiger partial charge in [0.2, 0.25) is 0 Å². The molecule has 0 bridgehead atoms. The molecule has 0 saturated heterocycles. The van der Waals surface area contributed by atoms with Crippen LogP contribution >= 0.6 is 24.0 Å². The number of benzene rings is 2. The average molecular weight is 326 g/mol. The Balaban J connectivity index is 0.00000220. The molecule has 2 nitrogen and oxygen atoms in total. The molecule has 0 aromatic heterocycles. The van der Waals surface area contributed by atoms with Crippen molar-refractivity contribution in [1.29, 1.82) is 0 Å². The quantitative estimate of drug-likeness (QED) is 0.820. The molecule has 2 aromatic rings. The normalized spacial score (nSPS) is 10.3. The van der Waals surface area contributed by atoms with Gasteiger partial charge in [0, 0.05) is 23.2 Å². The third kappa shape index (κ3) is 5.96. The summed E-state index contributed by atoms with van der Waals surface area (Å²) in [6, 6.07) is 16.4. The van der Waals surface area contributed by atoms with Crippen molar-refractivity contribution in [2.24, 2.45) is 0 Å². The minimum absolute atomic E-state index is 0.